The smallest absolute Gasteiger partial charge is 0.472 e. The van der Waals surface area contributed by atoms with Crippen LogP contribution in [-0.2, 0) is 34.4 Å². The molecule has 10 nitrogen and oxygen atoms in total. The van der Waals surface area contributed by atoms with E-state index in [-0.39, 0.29) is 6.42 Å². The molecule has 0 radical (unpaired) electrons. The van der Waals surface area contributed by atoms with E-state index in [2.05, 4.69) is 16.0 Å². The van der Waals surface area contributed by atoms with Crippen LogP contribution in [-0.4, -0.2) is 60.6 Å². The van der Waals surface area contributed by atoms with Gasteiger partial charge in [-0.3, -0.25) is 18.6 Å². The Bertz CT molecular complexity index is 858. The summed E-state index contributed by atoms with van der Waals surface area (Å²) in [5.74, 6) is -1.37. The number of phosphoric acid groups is 1. The normalized spacial score (nSPS) is 14.4. The van der Waals surface area contributed by atoms with Crippen molar-refractivity contribution in [1.29, 1.82) is 0 Å². The fourth-order valence-corrected chi connectivity index (χ4v) is 4.22. The van der Waals surface area contributed by atoms with Crippen molar-refractivity contribution in [3.63, 3.8) is 0 Å². The largest absolute Gasteiger partial charge is 0.493 e. The Balaban J connectivity index is 2.25. The maximum absolute atomic E-state index is 13.9. The zero-order valence-corrected chi connectivity index (χ0v) is 23.1. The third kappa shape index (κ3) is 16.7. The van der Waals surface area contributed by atoms with E-state index in [1.807, 2.05) is 24.3 Å². The number of carboxylic acid groups (broad SMARTS) is 1. The average molecular weight is 564 g/mol. The molecule has 0 aromatic heterocycles. The van der Waals surface area contributed by atoms with Crippen molar-refractivity contribution >= 4 is 19.8 Å². The summed E-state index contributed by atoms with van der Waals surface area (Å²) < 4.78 is 45.2. The van der Waals surface area contributed by atoms with Gasteiger partial charge in [0, 0.05) is 6.42 Å². The van der Waals surface area contributed by atoms with Gasteiger partial charge < -0.3 is 25.2 Å². The Labute approximate surface area is 224 Å². The van der Waals surface area contributed by atoms with E-state index in [4.69, 9.17) is 20.3 Å². The Morgan fingerprint density at radius 3 is 2.24 bits per heavy atom. The molecule has 0 spiro atoms. The van der Waals surface area contributed by atoms with Crippen LogP contribution < -0.4 is 10.5 Å². The number of ether oxygens (including phenoxy) is 2. The topological polar surface area (TPSA) is 155 Å². The molecule has 38 heavy (non-hydrogen) atoms. The van der Waals surface area contributed by atoms with E-state index in [0.717, 1.165) is 18.4 Å². The number of carbonyl (C=O) groups excluding carboxylic acids is 1. The number of phosphoric ester groups is 1. The third-order valence-electron chi connectivity index (χ3n) is 5.65. The fraction of sp³-hybridized carbons (Fsp3) is 0.692. The number of hydrogen-bond donors (Lipinski definition) is 3. The number of alkyl halides is 1. The molecule has 0 aliphatic heterocycles. The number of rotatable bonds is 23. The van der Waals surface area contributed by atoms with Crippen molar-refractivity contribution in [2.75, 3.05) is 26.4 Å². The van der Waals surface area contributed by atoms with Gasteiger partial charge in [-0.1, -0.05) is 76.5 Å². The number of nitrogens with two attached hydrogens (primary N) is 1. The molecule has 0 saturated carbocycles. The van der Waals surface area contributed by atoms with Gasteiger partial charge in [0.05, 0.1) is 19.8 Å². The van der Waals surface area contributed by atoms with Crippen LogP contribution in [0, 0.1) is 0 Å². The maximum atomic E-state index is 13.9. The van der Waals surface area contributed by atoms with Gasteiger partial charge in [0.2, 0.25) is 0 Å². The molecule has 0 bridgehead atoms. The number of aliphatic carboxylic acids is 1. The van der Waals surface area contributed by atoms with E-state index in [0.29, 0.717) is 18.8 Å². The summed E-state index contributed by atoms with van der Waals surface area (Å²) in [6.07, 6.45) is 9.49. The van der Waals surface area contributed by atoms with Gasteiger partial charge in [0.25, 0.3) is 0 Å². The molecule has 3 atom stereocenters. The Morgan fingerprint density at radius 1 is 0.974 bits per heavy atom. The monoisotopic (exact) mass is 563 g/mol. The minimum absolute atomic E-state index is 0.000657. The molecular formula is C26H43FNO9P. The van der Waals surface area contributed by atoms with Gasteiger partial charge in [0.1, 0.15) is 18.4 Å². The third-order valence-corrected chi connectivity index (χ3v) is 6.61. The fourth-order valence-electron chi connectivity index (χ4n) is 3.44. The van der Waals surface area contributed by atoms with Crippen LogP contribution >= 0.6 is 7.82 Å². The molecule has 0 amide bonds. The van der Waals surface area contributed by atoms with E-state index < -0.39 is 51.8 Å². The predicted molar refractivity (Wildman–Crippen MR) is 141 cm³/mol. The number of hydrogen-bond acceptors (Lipinski definition) is 8. The summed E-state index contributed by atoms with van der Waals surface area (Å²) in [6, 6.07) is 5.88. The minimum Gasteiger partial charge on any atom is -0.493 e. The summed E-state index contributed by atoms with van der Waals surface area (Å²) in [5.41, 5.74) is 6.00. The van der Waals surface area contributed by atoms with Gasteiger partial charge >= 0.3 is 19.8 Å². The summed E-state index contributed by atoms with van der Waals surface area (Å²) in [7, 11) is -4.71. The van der Waals surface area contributed by atoms with Crippen LogP contribution in [0.4, 0.5) is 4.39 Å². The lowest BCUT2D eigenvalue weighted by atomic mass is 10.1. The van der Waals surface area contributed by atoms with Gasteiger partial charge in [-0.05, 0) is 24.5 Å². The van der Waals surface area contributed by atoms with Crippen LogP contribution in [0.25, 0.3) is 0 Å². The first kappa shape index (κ1) is 34.0. The summed E-state index contributed by atoms with van der Waals surface area (Å²) >= 11 is 0. The van der Waals surface area contributed by atoms with Crippen LogP contribution in [0.1, 0.15) is 76.7 Å². The molecule has 218 valence electrons. The molecule has 12 heteroatoms. The number of unbranched alkanes of at least 4 members (excludes halogenated alkanes) is 8. The molecule has 1 aromatic rings. The zero-order valence-electron chi connectivity index (χ0n) is 22.2. The maximum Gasteiger partial charge on any atom is 0.472 e. The Morgan fingerprint density at radius 2 is 1.58 bits per heavy atom. The van der Waals surface area contributed by atoms with Crippen molar-refractivity contribution in [1.82, 2.24) is 0 Å². The van der Waals surface area contributed by atoms with Crippen molar-refractivity contribution in [2.24, 2.45) is 5.73 Å². The second-order valence-electron chi connectivity index (χ2n) is 9.07. The first-order chi connectivity index (χ1) is 18.1. The highest BCUT2D eigenvalue weighted by Gasteiger charge is 2.26. The van der Waals surface area contributed by atoms with Crippen LogP contribution in [0.2, 0.25) is 0 Å². The number of para-hydroxylation sites is 1. The van der Waals surface area contributed by atoms with Gasteiger partial charge in [0.15, 0.2) is 6.17 Å². The summed E-state index contributed by atoms with van der Waals surface area (Å²) in [4.78, 5) is 32.1. The highest BCUT2D eigenvalue weighted by molar-refractivity contribution is 7.47. The quantitative estimate of drug-likeness (QED) is 0.0946. The van der Waals surface area contributed by atoms with E-state index in [1.165, 1.54) is 44.9 Å². The van der Waals surface area contributed by atoms with E-state index in [9.17, 15) is 23.4 Å². The van der Waals surface area contributed by atoms with Crippen molar-refractivity contribution in [2.45, 2.75) is 89.8 Å². The molecular weight excluding hydrogens is 520 g/mol. The van der Waals surface area contributed by atoms with Crippen LogP contribution in [0.5, 0.6) is 5.75 Å². The minimum atomic E-state index is -4.71. The molecule has 0 saturated heterocycles. The number of esters is 1. The number of halogens is 1. The highest BCUT2D eigenvalue weighted by Crippen LogP contribution is 2.43. The Hall–Kier alpha value is -2.04. The second kappa shape index (κ2) is 19.9. The number of aryl methyl sites for hydroxylation is 1. The number of benzene rings is 1. The van der Waals surface area contributed by atoms with E-state index in [1.54, 1.807) is 0 Å². The highest BCUT2D eigenvalue weighted by atomic mass is 31.2. The first-order valence-electron chi connectivity index (χ1n) is 13.2. The van der Waals surface area contributed by atoms with Crippen LogP contribution in [0.3, 0.4) is 0 Å². The van der Waals surface area contributed by atoms with Crippen LogP contribution in [0.15, 0.2) is 24.3 Å². The molecule has 0 heterocycles. The van der Waals surface area contributed by atoms with E-state index >= 15 is 0 Å². The summed E-state index contributed by atoms with van der Waals surface area (Å²) in [5, 5.41) is 8.62. The van der Waals surface area contributed by atoms with Crippen molar-refractivity contribution in [3.05, 3.63) is 29.8 Å². The zero-order chi connectivity index (χ0) is 28.2. The lowest BCUT2D eigenvalue weighted by molar-refractivity contribution is -0.145. The molecule has 1 aromatic carbocycles. The number of carboxylic acids is 1. The standard InChI is InChI=1S/C26H43FNO9P/c1-2-3-4-5-6-7-8-9-12-17-34-24-14-11-10-13-21(24)15-16-25(29)35-18-22(27)19-36-38(32,33)37-20-23(28)26(30)31/h10-11,13-14,22-23H,2-9,12,15-20,28H2,1H3,(H,30,31)(H,32,33)/t22-,23+/m1/s1. The lowest BCUT2D eigenvalue weighted by Crippen LogP contribution is -2.34. The molecule has 0 aliphatic carbocycles. The molecule has 4 N–H and O–H groups in total. The van der Waals surface area contributed by atoms with Crippen molar-refractivity contribution in [3.8, 4) is 5.75 Å². The molecule has 1 unspecified atom stereocenters. The van der Waals surface area contributed by atoms with Gasteiger partial charge in [-0.15, -0.1) is 0 Å². The molecule has 1 rings (SSSR count). The van der Waals surface area contributed by atoms with Gasteiger partial charge in [-0.2, -0.15) is 0 Å². The SMILES string of the molecule is CCCCCCCCCCCOc1ccccc1CCC(=O)OC[C@@H](F)COP(=O)(O)OC[C@H](N)C(=O)O. The average Bonchev–Trinajstić information content (AvgIpc) is 2.89. The second-order valence-corrected chi connectivity index (χ2v) is 10.5. The number of carbonyl (C=O) groups is 2. The first-order valence-corrected chi connectivity index (χ1v) is 14.7. The van der Waals surface area contributed by atoms with Gasteiger partial charge in [-0.25, -0.2) is 8.96 Å². The Kier molecular flexibility index (Phi) is 17.8. The molecule has 0 fully saturated rings. The predicted octanol–water partition coefficient (Wildman–Crippen LogP) is 4.96. The van der Waals surface area contributed by atoms with Crippen molar-refractivity contribution < 1.29 is 47.1 Å². The molecule has 0 aliphatic rings. The summed E-state index contributed by atoms with van der Waals surface area (Å²) in [6.45, 7) is 0.457. The lowest BCUT2D eigenvalue weighted by Gasteiger charge is -2.15.